The molecule has 3 heterocycles. The SMILES string of the molecule is CN(C)c1nc2nonc2nc1N[C@H]1CCOC(C)(C)C1. The number of aromatic nitrogens is 4. The second-order valence-electron chi connectivity index (χ2n) is 6.14. The van der Waals surface area contributed by atoms with Gasteiger partial charge in [-0.15, -0.1) is 0 Å². The first-order valence-corrected chi connectivity index (χ1v) is 7.03. The molecule has 0 amide bonds. The molecule has 0 saturated carbocycles. The van der Waals surface area contributed by atoms with Crippen molar-refractivity contribution in [2.75, 3.05) is 30.9 Å². The summed E-state index contributed by atoms with van der Waals surface area (Å²) in [7, 11) is 3.84. The maximum absolute atomic E-state index is 5.74. The Morgan fingerprint density at radius 1 is 1.19 bits per heavy atom. The number of anilines is 2. The first kappa shape index (κ1) is 14.0. The standard InChI is InChI=1S/C13H20N6O2/c1-13(2)7-8(5-6-20-13)14-11-12(19(3)4)16-10-9(15-11)17-21-18-10/h8H,5-7H2,1-4H3,(H,14,15,17)/t8-/m0/s1. The van der Waals surface area contributed by atoms with Gasteiger partial charge in [0.15, 0.2) is 11.6 Å². The molecule has 0 bridgehead atoms. The Balaban J connectivity index is 1.89. The number of rotatable bonds is 3. The molecular weight excluding hydrogens is 272 g/mol. The molecule has 2 aromatic rings. The van der Waals surface area contributed by atoms with Gasteiger partial charge in [-0.25, -0.2) is 14.6 Å². The van der Waals surface area contributed by atoms with E-state index in [0.717, 1.165) is 25.3 Å². The van der Waals surface area contributed by atoms with Gasteiger partial charge >= 0.3 is 0 Å². The molecule has 0 radical (unpaired) electrons. The number of hydrogen-bond donors (Lipinski definition) is 1. The van der Waals surface area contributed by atoms with Crippen molar-refractivity contribution in [1.29, 1.82) is 0 Å². The molecule has 2 aromatic heterocycles. The van der Waals surface area contributed by atoms with Crippen molar-refractivity contribution >= 4 is 22.9 Å². The van der Waals surface area contributed by atoms with Crippen molar-refractivity contribution in [3.8, 4) is 0 Å². The zero-order valence-corrected chi connectivity index (χ0v) is 12.8. The molecule has 114 valence electrons. The van der Waals surface area contributed by atoms with E-state index in [1.807, 2.05) is 19.0 Å². The van der Waals surface area contributed by atoms with Crippen molar-refractivity contribution in [2.45, 2.75) is 38.3 Å². The Hall–Kier alpha value is -1.96. The van der Waals surface area contributed by atoms with Crippen LogP contribution in [0.1, 0.15) is 26.7 Å². The summed E-state index contributed by atoms with van der Waals surface area (Å²) in [5.41, 5.74) is 0.701. The fourth-order valence-electron chi connectivity index (χ4n) is 2.59. The lowest BCUT2D eigenvalue weighted by Crippen LogP contribution is -2.40. The number of ether oxygens (including phenoxy) is 1. The lowest BCUT2D eigenvalue weighted by atomic mass is 9.94. The highest BCUT2D eigenvalue weighted by Gasteiger charge is 2.29. The molecule has 8 nitrogen and oxygen atoms in total. The van der Waals surface area contributed by atoms with E-state index in [1.54, 1.807) is 0 Å². The van der Waals surface area contributed by atoms with Gasteiger partial charge in [-0.05, 0) is 37.0 Å². The Labute approximate surface area is 122 Å². The van der Waals surface area contributed by atoms with E-state index in [1.165, 1.54) is 0 Å². The van der Waals surface area contributed by atoms with Crippen LogP contribution in [0, 0.1) is 0 Å². The summed E-state index contributed by atoms with van der Waals surface area (Å²) in [6.07, 6.45) is 1.85. The summed E-state index contributed by atoms with van der Waals surface area (Å²) in [5.74, 6) is 1.42. The zero-order valence-electron chi connectivity index (χ0n) is 12.8. The molecule has 8 heteroatoms. The quantitative estimate of drug-likeness (QED) is 0.909. The Morgan fingerprint density at radius 3 is 2.57 bits per heavy atom. The smallest absolute Gasteiger partial charge is 0.245 e. The maximum atomic E-state index is 5.74. The topological polar surface area (TPSA) is 89.2 Å². The second kappa shape index (κ2) is 5.10. The highest BCUT2D eigenvalue weighted by molar-refractivity contribution is 5.73. The molecule has 0 spiro atoms. The summed E-state index contributed by atoms with van der Waals surface area (Å²) in [5, 5.41) is 11.0. The monoisotopic (exact) mass is 292 g/mol. The van der Waals surface area contributed by atoms with Crippen LogP contribution in [0.2, 0.25) is 0 Å². The third kappa shape index (κ3) is 2.90. The predicted octanol–water partition coefficient (Wildman–Crippen LogP) is 1.45. The first-order chi connectivity index (χ1) is 9.94. The number of fused-ring (bicyclic) bond motifs is 1. The average molecular weight is 292 g/mol. The largest absolute Gasteiger partial charge is 0.375 e. The van der Waals surface area contributed by atoms with E-state index in [-0.39, 0.29) is 5.60 Å². The average Bonchev–Trinajstić information content (AvgIpc) is 2.83. The highest BCUT2D eigenvalue weighted by Crippen LogP contribution is 2.29. The molecule has 1 N–H and O–H groups in total. The van der Waals surface area contributed by atoms with Gasteiger partial charge < -0.3 is 15.0 Å². The van der Waals surface area contributed by atoms with E-state index in [9.17, 15) is 0 Å². The molecule has 1 saturated heterocycles. The molecule has 1 atom stereocenters. The minimum Gasteiger partial charge on any atom is -0.375 e. The normalized spacial score (nSPS) is 21.4. The molecule has 1 fully saturated rings. The van der Waals surface area contributed by atoms with Crippen LogP contribution in [0.15, 0.2) is 4.63 Å². The van der Waals surface area contributed by atoms with Crippen molar-refractivity contribution in [2.24, 2.45) is 0 Å². The van der Waals surface area contributed by atoms with E-state index < -0.39 is 0 Å². The van der Waals surface area contributed by atoms with Crippen LogP contribution in [0.25, 0.3) is 11.3 Å². The summed E-state index contributed by atoms with van der Waals surface area (Å²) >= 11 is 0. The minimum absolute atomic E-state index is 0.124. The van der Waals surface area contributed by atoms with Gasteiger partial charge in [0, 0.05) is 26.7 Å². The lowest BCUT2D eigenvalue weighted by Gasteiger charge is -2.36. The molecule has 0 aromatic carbocycles. The summed E-state index contributed by atoms with van der Waals surface area (Å²) < 4.78 is 10.4. The summed E-state index contributed by atoms with van der Waals surface area (Å²) in [4.78, 5) is 10.8. The number of hydrogen-bond acceptors (Lipinski definition) is 8. The van der Waals surface area contributed by atoms with Crippen LogP contribution in [0.3, 0.4) is 0 Å². The van der Waals surface area contributed by atoms with Crippen molar-refractivity contribution in [1.82, 2.24) is 20.3 Å². The maximum Gasteiger partial charge on any atom is 0.245 e. The summed E-state index contributed by atoms with van der Waals surface area (Å²) in [6.45, 7) is 4.94. The zero-order chi connectivity index (χ0) is 15.0. The highest BCUT2D eigenvalue weighted by atomic mass is 16.6. The lowest BCUT2D eigenvalue weighted by molar-refractivity contribution is -0.0553. The van der Waals surface area contributed by atoms with E-state index >= 15 is 0 Å². The van der Waals surface area contributed by atoms with Crippen LogP contribution in [-0.4, -0.2) is 52.6 Å². The molecule has 3 rings (SSSR count). The Kier molecular flexibility index (Phi) is 3.40. The van der Waals surface area contributed by atoms with Gasteiger partial charge in [-0.3, -0.25) is 0 Å². The third-order valence-electron chi connectivity index (χ3n) is 3.56. The molecule has 1 aliphatic rings. The molecule has 21 heavy (non-hydrogen) atoms. The van der Waals surface area contributed by atoms with Gasteiger partial charge in [-0.1, -0.05) is 0 Å². The Morgan fingerprint density at radius 2 is 1.90 bits per heavy atom. The van der Waals surface area contributed by atoms with Crippen LogP contribution in [0.5, 0.6) is 0 Å². The molecule has 0 unspecified atom stereocenters. The molecular formula is C13H20N6O2. The number of nitrogens with one attached hydrogen (secondary N) is 1. The molecule has 0 aliphatic carbocycles. The van der Waals surface area contributed by atoms with Crippen LogP contribution in [-0.2, 0) is 4.74 Å². The van der Waals surface area contributed by atoms with E-state index in [4.69, 9.17) is 4.74 Å². The third-order valence-corrected chi connectivity index (χ3v) is 3.56. The van der Waals surface area contributed by atoms with Crippen LogP contribution in [0.4, 0.5) is 11.6 Å². The first-order valence-electron chi connectivity index (χ1n) is 7.03. The van der Waals surface area contributed by atoms with Crippen LogP contribution >= 0.6 is 0 Å². The fraction of sp³-hybridized carbons (Fsp3) is 0.692. The van der Waals surface area contributed by atoms with Gasteiger partial charge in [0.2, 0.25) is 11.3 Å². The van der Waals surface area contributed by atoms with Crippen molar-refractivity contribution in [3.05, 3.63) is 0 Å². The van der Waals surface area contributed by atoms with E-state index in [0.29, 0.717) is 23.2 Å². The minimum atomic E-state index is -0.124. The Bertz CT molecular complexity index is 639. The second-order valence-corrected chi connectivity index (χ2v) is 6.14. The predicted molar refractivity (Wildman–Crippen MR) is 78.4 cm³/mol. The van der Waals surface area contributed by atoms with Crippen LogP contribution < -0.4 is 10.2 Å². The van der Waals surface area contributed by atoms with Gasteiger partial charge in [0.05, 0.1) is 5.60 Å². The van der Waals surface area contributed by atoms with Crippen molar-refractivity contribution < 1.29 is 9.37 Å². The van der Waals surface area contributed by atoms with Gasteiger partial charge in [-0.2, -0.15) is 0 Å². The van der Waals surface area contributed by atoms with Gasteiger partial charge in [0.1, 0.15) is 0 Å². The van der Waals surface area contributed by atoms with E-state index in [2.05, 4.69) is 44.1 Å². The van der Waals surface area contributed by atoms with Crippen molar-refractivity contribution in [3.63, 3.8) is 0 Å². The number of nitrogens with zero attached hydrogens (tertiary/aromatic N) is 5. The van der Waals surface area contributed by atoms with Gasteiger partial charge in [0.25, 0.3) is 0 Å². The molecule has 1 aliphatic heterocycles. The fourth-order valence-corrected chi connectivity index (χ4v) is 2.59. The summed E-state index contributed by atoms with van der Waals surface area (Å²) in [6, 6.07) is 0.291.